The van der Waals surface area contributed by atoms with Crippen LogP contribution >= 0.6 is 0 Å². The molecule has 0 aliphatic rings. The van der Waals surface area contributed by atoms with Gasteiger partial charge in [0.2, 0.25) is 0 Å². The Hall–Kier alpha value is -3.92. The van der Waals surface area contributed by atoms with E-state index in [9.17, 15) is 23.4 Å². The largest absolute Gasteiger partial charge is 0.508 e. The summed E-state index contributed by atoms with van der Waals surface area (Å²) in [7, 11) is -4.19. The second-order valence-electron chi connectivity index (χ2n) is 7.55. The van der Waals surface area contributed by atoms with E-state index in [0.717, 1.165) is 12.1 Å². The number of amides is 1. The molecule has 0 fully saturated rings. The van der Waals surface area contributed by atoms with Crippen LogP contribution < -0.4 is 20.5 Å². The molecule has 0 atom stereocenters. The van der Waals surface area contributed by atoms with Crippen molar-refractivity contribution in [2.75, 3.05) is 10.0 Å². The Labute approximate surface area is 191 Å². The molecule has 1 amide bonds. The summed E-state index contributed by atoms with van der Waals surface area (Å²) in [6.45, 7) is 3.90. The predicted molar refractivity (Wildman–Crippen MR) is 125 cm³/mol. The Bertz CT molecular complexity index is 1260. The van der Waals surface area contributed by atoms with Crippen molar-refractivity contribution in [1.29, 1.82) is 0 Å². The molecule has 0 saturated carbocycles. The maximum absolute atomic E-state index is 13.2. The third kappa shape index (κ3) is 6.07. The maximum atomic E-state index is 13.2. The van der Waals surface area contributed by atoms with E-state index in [-0.39, 0.29) is 40.2 Å². The molecule has 0 aliphatic heterocycles. The van der Waals surface area contributed by atoms with Crippen molar-refractivity contribution in [3.05, 3.63) is 71.8 Å². The van der Waals surface area contributed by atoms with Crippen LogP contribution in [0.5, 0.6) is 17.2 Å². The van der Waals surface area contributed by atoms with E-state index in [0.29, 0.717) is 11.3 Å². The number of phenols is 2. The molecule has 0 aliphatic carbocycles. The lowest BCUT2D eigenvalue weighted by Crippen LogP contribution is -2.18. The van der Waals surface area contributed by atoms with Gasteiger partial charge in [-0.1, -0.05) is 12.1 Å². The van der Waals surface area contributed by atoms with Gasteiger partial charge in [-0.2, -0.15) is 0 Å². The van der Waals surface area contributed by atoms with Gasteiger partial charge in [-0.25, -0.2) is 8.42 Å². The first-order valence-electron chi connectivity index (χ1n) is 10.0. The topological polar surface area (TPSA) is 151 Å². The van der Waals surface area contributed by atoms with Gasteiger partial charge in [-0.15, -0.1) is 0 Å². The number of carbonyl (C=O) groups is 1. The number of nitrogens with two attached hydrogens (primary N) is 1. The molecule has 0 spiro atoms. The number of nitrogens with one attached hydrogen (secondary N) is 2. The van der Waals surface area contributed by atoms with E-state index >= 15 is 0 Å². The fraction of sp³-hybridized carbons (Fsp3) is 0.174. The highest BCUT2D eigenvalue weighted by molar-refractivity contribution is 7.92. The lowest BCUT2D eigenvalue weighted by Gasteiger charge is -2.16. The van der Waals surface area contributed by atoms with Crippen molar-refractivity contribution >= 4 is 27.3 Å². The maximum Gasteiger partial charge on any atom is 0.263 e. The number of carbonyl (C=O) groups excluding carboxylic acids is 1. The van der Waals surface area contributed by atoms with Crippen LogP contribution in [0.25, 0.3) is 0 Å². The van der Waals surface area contributed by atoms with Gasteiger partial charge in [-0.05, 0) is 61.9 Å². The van der Waals surface area contributed by atoms with Crippen LogP contribution in [0.2, 0.25) is 0 Å². The Balaban J connectivity index is 1.94. The number of hydrogen-bond donors (Lipinski definition) is 5. The van der Waals surface area contributed by atoms with Crippen LogP contribution in [0.3, 0.4) is 0 Å². The van der Waals surface area contributed by atoms with Crippen molar-refractivity contribution < 1.29 is 28.2 Å². The summed E-state index contributed by atoms with van der Waals surface area (Å²) < 4.78 is 34.4. The molecule has 3 rings (SSSR count). The van der Waals surface area contributed by atoms with Crippen LogP contribution in [0, 0.1) is 0 Å². The minimum atomic E-state index is -4.19. The highest BCUT2D eigenvalue weighted by atomic mass is 32.2. The van der Waals surface area contributed by atoms with Gasteiger partial charge in [0, 0.05) is 18.3 Å². The van der Waals surface area contributed by atoms with Gasteiger partial charge >= 0.3 is 0 Å². The molecule has 33 heavy (non-hydrogen) atoms. The van der Waals surface area contributed by atoms with Gasteiger partial charge in [-0.3, -0.25) is 9.52 Å². The fourth-order valence-corrected chi connectivity index (χ4v) is 4.32. The van der Waals surface area contributed by atoms with Crippen LogP contribution in [0.15, 0.2) is 65.6 Å². The molecular weight excluding hydrogens is 446 g/mol. The molecule has 0 radical (unpaired) electrons. The van der Waals surface area contributed by atoms with Crippen molar-refractivity contribution in [3.63, 3.8) is 0 Å². The number of rotatable bonds is 9. The zero-order valence-electron chi connectivity index (χ0n) is 18.1. The average Bonchev–Trinajstić information content (AvgIpc) is 2.72. The standard InChI is InChI=1S/C23H25N3O6S/c1-14(2)32-18-8-6-16(7-9-18)26-33(30,31)22-11-19(23(24)29)21(28)12-20(22)25-13-15-4-3-5-17(27)10-15/h3-12,14,25-28H,13H2,1-2H3,(H2,24,29). The molecule has 0 saturated heterocycles. The molecule has 0 bridgehead atoms. The zero-order valence-corrected chi connectivity index (χ0v) is 18.9. The van der Waals surface area contributed by atoms with Gasteiger partial charge in [0.1, 0.15) is 22.1 Å². The minimum Gasteiger partial charge on any atom is -0.508 e. The third-order valence-electron chi connectivity index (χ3n) is 4.52. The lowest BCUT2D eigenvalue weighted by molar-refractivity contribution is 0.0997. The van der Waals surface area contributed by atoms with E-state index in [1.54, 1.807) is 36.4 Å². The minimum absolute atomic E-state index is 0.0306. The number of benzene rings is 3. The number of primary amides is 1. The Morgan fingerprint density at radius 2 is 1.76 bits per heavy atom. The number of anilines is 2. The monoisotopic (exact) mass is 471 g/mol. The summed E-state index contributed by atoms with van der Waals surface area (Å²) in [6, 6.07) is 14.9. The molecule has 6 N–H and O–H groups in total. The first kappa shape index (κ1) is 23.7. The fourth-order valence-electron chi connectivity index (χ4n) is 3.07. The first-order chi connectivity index (χ1) is 15.5. The number of ether oxygens (including phenoxy) is 1. The van der Waals surface area contributed by atoms with Crippen LogP contribution in [0.4, 0.5) is 11.4 Å². The van der Waals surface area contributed by atoms with E-state index in [1.165, 1.54) is 12.1 Å². The van der Waals surface area contributed by atoms with Crippen molar-refractivity contribution in [3.8, 4) is 17.2 Å². The van der Waals surface area contributed by atoms with Gasteiger partial charge in [0.25, 0.3) is 15.9 Å². The molecular formula is C23H25N3O6S. The van der Waals surface area contributed by atoms with E-state index in [4.69, 9.17) is 10.5 Å². The number of phenolic OH excluding ortho intramolecular Hbond substituents is 1. The quantitative estimate of drug-likeness (QED) is 0.321. The molecule has 3 aromatic carbocycles. The average molecular weight is 472 g/mol. The second-order valence-corrected chi connectivity index (χ2v) is 9.20. The normalized spacial score (nSPS) is 11.2. The second kappa shape index (κ2) is 9.70. The Morgan fingerprint density at radius 3 is 2.36 bits per heavy atom. The summed E-state index contributed by atoms with van der Waals surface area (Å²) in [5.74, 6) is -0.795. The number of hydrogen-bond acceptors (Lipinski definition) is 7. The summed E-state index contributed by atoms with van der Waals surface area (Å²) in [6.07, 6.45) is -0.0306. The molecule has 0 unspecified atom stereocenters. The Kier molecular flexibility index (Phi) is 6.98. The van der Waals surface area contributed by atoms with E-state index in [1.807, 2.05) is 13.8 Å². The van der Waals surface area contributed by atoms with Gasteiger partial charge in [0.15, 0.2) is 0 Å². The summed E-state index contributed by atoms with van der Waals surface area (Å²) in [4.78, 5) is 11.4. The van der Waals surface area contributed by atoms with Crippen LogP contribution in [-0.2, 0) is 16.6 Å². The molecule has 9 nitrogen and oxygen atoms in total. The SMILES string of the molecule is CC(C)Oc1ccc(NS(=O)(=O)c2cc(C(N)=O)c(O)cc2NCc2cccc(O)c2)cc1. The molecule has 0 heterocycles. The summed E-state index contributed by atoms with van der Waals surface area (Å²) in [5, 5.41) is 22.7. The highest BCUT2D eigenvalue weighted by Gasteiger charge is 2.23. The highest BCUT2D eigenvalue weighted by Crippen LogP contribution is 2.32. The zero-order chi connectivity index (χ0) is 24.2. The number of aromatic hydroxyl groups is 2. The molecule has 10 heteroatoms. The van der Waals surface area contributed by atoms with Crippen molar-refractivity contribution in [1.82, 2.24) is 0 Å². The van der Waals surface area contributed by atoms with Crippen LogP contribution in [0.1, 0.15) is 29.8 Å². The van der Waals surface area contributed by atoms with Gasteiger partial charge in [0.05, 0.1) is 17.4 Å². The summed E-state index contributed by atoms with van der Waals surface area (Å²) in [5.41, 5.74) is 5.95. The molecule has 3 aromatic rings. The van der Waals surface area contributed by atoms with E-state index < -0.39 is 21.7 Å². The third-order valence-corrected chi connectivity index (χ3v) is 5.95. The van der Waals surface area contributed by atoms with Crippen LogP contribution in [-0.4, -0.2) is 30.6 Å². The van der Waals surface area contributed by atoms with Crippen molar-refractivity contribution in [2.45, 2.75) is 31.4 Å². The van der Waals surface area contributed by atoms with E-state index in [2.05, 4.69) is 10.0 Å². The predicted octanol–water partition coefficient (Wildman–Crippen LogP) is 3.40. The lowest BCUT2D eigenvalue weighted by atomic mass is 10.1. The smallest absolute Gasteiger partial charge is 0.263 e. The van der Waals surface area contributed by atoms with Crippen molar-refractivity contribution in [2.24, 2.45) is 5.73 Å². The number of sulfonamides is 1. The van der Waals surface area contributed by atoms with Gasteiger partial charge < -0.3 is 26.0 Å². The first-order valence-corrected chi connectivity index (χ1v) is 11.5. The molecule has 174 valence electrons. The Morgan fingerprint density at radius 1 is 1.06 bits per heavy atom. The molecule has 0 aromatic heterocycles. The summed E-state index contributed by atoms with van der Waals surface area (Å²) >= 11 is 0.